The molecule has 0 aromatic carbocycles. The molecule has 1 saturated heterocycles. The van der Waals surface area contributed by atoms with Crippen LogP contribution in [0.2, 0.25) is 27.8 Å². The van der Waals surface area contributed by atoms with Crippen molar-refractivity contribution in [2.75, 3.05) is 52.9 Å². The minimum Gasteiger partial charge on any atom is -1.00 e. The van der Waals surface area contributed by atoms with E-state index >= 15 is 0 Å². The molecule has 22 heavy (non-hydrogen) atoms. The van der Waals surface area contributed by atoms with Crippen molar-refractivity contribution in [3.63, 3.8) is 0 Å². The summed E-state index contributed by atoms with van der Waals surface area (Å²) < 4.78 is 27.7. The molecule has 8 heteroatoms. The smallest absolute Gasteiger partial charge is 1.00 e. The first-order valence-corrected chi connectivity index (χ1v) is 18.5. The van der Waals surface area contributed by atoms with E-state index in [-0.39, 0.29) is 48.0 Å². The van der Waals surface area contributed by atoms with Crippen LogP contribution in [0.15, 0.2) is 0 Å². The summed E-state index contributed by atoms with van der Waals surface area (Å²) in [4.78, 5) is 4.85. The molecule has 1 heterocycles. The molecule has 1 aliphatic rings. The van der Waals surface area contributed by atoms with Gasteiger partial charge in [0.05, 0.1) is 0 Å². The molecule has 0 atom stereocenters. The zero-order valence-corrected chi connectivity index (χ0v) is 22.7. The predicted octanol–water partition coefficient (Wildman–Crippen LogP) is -3.68. The van der Waals surface area contributed by atoms with Crippen molar-refractivity contribution >= 4 is 39.1 Å². The number of ether oxygens (including phenoxy) is 4. The average Bonchev–Trinajstić information content (AvgIpc) is 2.43. The zero-order valence-electron chi connectivity index (χ0n) is 13.7. The van der Waals surface area contributed by atoms with Crippen LogP contribution in [0.1, 0.15) is 0 Å². The topological polar surface area (TPSA) is 36.9 Å². The van der Waals surface area contributed by atoms with Crippen LogP contribution in [-0.4, -0.2) is 92.0 Å². The second kappa shape index (κ2) is 20.2. The van der Waals surface area contributed by atoms with Crippen LogP contribution in [0.3, 0.4) is 0 Å². The van der Waals surface area contributed by atoms with Gasteiger partial charge in [0, 0.05) is 0 Å². The van der Waals surface area contributed by atoms with Gasteiger partial charge in [-0.25, -0.2) is 0 Å². The maximum atomic E-state index is 5.65. The van der Waals surface area contributed by atoms with Gasteiger partial charge in [-0.2, -0.15) is 0 Å². The summed E-state index contributed by atoms with van der Waals surface area (Å²) in [7, 11) is 0. The Labute approximate surface area is 184 Å². The molecule has 0 radical (unpaired) electrons. The van der Waals surface area contributed by atoms with Gasteiger partial charge in [0.2, 0.25) is 0 Å². The van der Waals surface area contributed by atoms with E-state index in [1.165, 1.54) is 17.9 Å². The van der Waals surface area contributed by atoms with Gasteiger partial charge in [-0.05, 0) is 0 Å². The number of halogens is 2. The van der Waals surface area contributed by atoms with Crippen molar-refractivity contribution in [1.29, 1.82) is 0 Å². The normalized spacial score (nSPS) is 22.6. The molecule has 0 aromatic heterocycles. The summed E-state index contributed by atoms with van der Waals surface area (Å²) in [5.41, 5.74) is 0. The summed E-state index contributed by atoms with van der Waals surface area (Å²) in [5.74, 6) is 0. The van der Waals surface area contributed by atoms with Crippen LogP contribution >= 0.6 is 0 Å². The Morgan fingerprint density at radius 2 is 0.682 bits per heavy atom. The second-order valence-corrected chi connectivity index (χ2v) is 18.4. The number of rotatable bonds is 0. The summed E-state index contributed by atoms with van der Waals surface area (Å²) >= 11 is -1.88. The molecule has 136 valence electrons. The summed E-state index contributed by atoms with van der Waals surface area (Å²) in [5, 5.41) is 0. The van der Waals surface area contributed by atoms with Crippen LogP contribution in [0.4, 0.5) is 0 Å². The van der Waals surface area contributed by atoms with Gasteiger partial charge in [-0.1, -0.05) is 0 Å². The Kier molecular flexibility index (Phi) is 24.9. The molecule has 0 N–H and O–H groups in total. The summed E-state index contributed by atoms with van der Waals surface area (Å²) in [6.07, 6.45) is 0. The fraction of sp³-hybridized carbons (Fsp3) is 1.00. The Balaban J connectivity index is 0. The molecule has 0 aliphatic carbocycles. The zero-order chi connectivity index (χ0) is 14.5. The SMILES string of the molecule is C[Te+]1CCOCCOCC[Te+](C)CCOCCOCC1.[I-].[I-]. The Hall–Kier alpha value is 2.88. The molecule has 4 nitrogen and oxygen atoms in total. The number of hydrogen-bond acceptors (Lipinski definition) is 4. The average molecular weight is 771 g/mol. The molecular formula is C14H30I2O4Te2. The largest absolute Gasteiger partial charge is 1.00 e. The molecule has 0 spiro atoms. The molecule has 1 fully saturated rings. The summed E-state index contributed by atoms with van der Waals surface area (Å²) in [6, 6.07) is 0. The van der Waals surface area contributed by atoms with Crippen molar-refractivity contribution in [3.05, 3.63) is 0 Å². The van der Waals surface area contributed by atoms with E-state index in [1.807, 2.05) is 0 Å². The third-order valence-corrected chi connectivity index (χ3v) is 12.9. The molecule has 0 unspecified atom stereocenters. The van der Waals surface area contributed by atoms with E-state index in [0.717, 1.165) is 52.9 Å². The first kappa shape index (κ1) is 27.1. The fourth-order valence-electron chi connectivity index (χ4n) is 1.65. The van der Waals surface area contributed by atoms with Crippen LogP contribution < -0.4 is 48.0 Å². The fourth-order valence-corrected chi connectivity index (χ4v) is 7.41. The first-order valence-electron chi connectivity index (χ1n) is 7.28. The van der Waals surface area contributed by atoms with Crippen molar-refractivity contribution in [2.24, 2.45) is 0 Å². The maximum Gasteiger partial charge on any atom is -1.00 e. The minimum absolute atomic E-state index is 0. The predicted molar refractivity (Wildman–Crippen MR) is 85.7 cm³/mol. The van der Waals surface area contributed by atoms with Crippen LogP contribution in [0, 0.1) is 0 Å². The van der Waals surface area contributed by atoms with Gasteiger partial charge in [-0.3, -0.25) is 0 Å². The molecule has 0 bridgehead atoms. The van der Waals surface area contributed by atoms with Crippen LogP contribution in [-0.2, 0) is 18.9 Å². The molecule has 0 saturated carbocycles. The quantitative estimate of drug-likeness (QED) is 0.188. The van der Waals surface area contributed by atoms with Gasteiger partial charge >= 0.3 is 139 Å². The van der Waals surface area contributed by atoms with E-state index < -0.39 is 39.1 Å². The van der Waals surface area contributed by atoms with Crippen molar-refractivity contribution in [2.45, 2.75) is 27.8 Å². The molecule has 1 aliphatic heterocycles. The third-order valence-electron chi connectivity index (χ3n) is 3.05. The van der Waals surface area contributed by atoms with Crippen molar-refractivity contribution in [3.8, 4) is 0 Å². The Bertz CT molecular complexity index is 187. The standard InChI is InChI=1S/C14H30O4Te2.2HI/c1-19-11-7-15-3-5-17-9-13-20(2)14-10-18-6-4-16-8-12-19;;/h3-14H2,1-2H3;2*1H/q+2;;/p-2. The van der Waals surface area contributed by atoms with Crippen molar-refractivity contribution in [1.82, 2.24) is 0 Å². The van der Waals surface area contributed by atoms with E-state index in [0.29, 0.717) is 0 Å². The van der Waals surface area contributed by atoms with Gasteiger partial charge in [0.25, 0.3) is 0 Å². The Morgan fingerprint density at radius 1 is 0.455 bits per heavy atom. The van der Waals surface area contributed by atoms with Gasteiger partial charge in [0.1, 0.15) is 0 Å². The molecule has 0 amide bonds. The van der Waals surface area contributed by atoms with Gasteiger partial charge in [-0.15, -0.1) is 0 Å². The minimum atomic E-state index is -0.940. The van der Waals surface area contributed by atoms with Gasteiger partial charge in [0.15, 0.2) is 0 Å². The second-order valence-electron chi connectivity index (χ2n) is 4.83. The maximum absolute atomic E-state index is 5.65. The monoisotopic (exact) mass is 776 g/mol. The third kappa shape index (κ3) is 17.7. The Morgan fingerprint density at radius 3 is 0.909 bits per heavy atom. The van der Waals surface area contributed by atoms with Crippen molar-refractivity contribution < 1.29 is 66.9 Å². The van der Waals surface area contributed by atoms with Crippen LogP contribution in [0.5, 0.6) is 0 Å². The van der Waals surface area contributed by atoms with Crippen LogP contribution in [0.25, 0.3) is 0 Å². The van der Waals surface area contributed by atoms with E-state index in [9.17, 15) is 0 Å². The first-order chi connectivity index (χ1) is 9.79. The van der Waals surface area contributed by atoms with Gasteiger partial charge < -0.3 is 48.0 Å². The van der Waals surface area contributed by atoms with E-state index in [2.05, 4.69) is 9.94 Å². The van der Waals surface area contributed by atoms with E-state index in [4.69, 9.17) is 18.9 Å². The summed E-state index contributed by atoms with van der Waals surface area (Å²) in [6.45, 7) is 6.66. The molecule has 0 aromatic rings. The van der Waals surface area contributed by atoms with E-state index in [1.54, 1.807) is 0 Å². The molecular weight excluding hydrogens is 741 g/mol. The molecule has 1 rings (SSSR count). The number of hydrogen-bond donors (Lipinski definition) is 0.